The lowest BCUT2D eigenvalue weighted by atomic mass is 9.70. The van der Waals surface area contributed by atoms with E-state index in [-0.39, 0.29) is 64.2 Å². The third-order valence-electron chi connectivity index (χ3n) is 18.6. The highest BCUT2D eigenvalue weighted by Gasteiger charge is 2.43. The van der Waals surface area contributed by atoms with Crippen LogP contribution in [-0.4, -0.2) is 114 Å². The Bertz CT molecular complexity index is 5080. The number of benzene rings is 9. The molecule has 1 aliphatic rings. The molecule has 0 bridgehead atoms. The Morgan fingerprint density at radius 3 is 0.787 bits per heavy atom. The molecule has 17 nitrogen and oxygen atoms in total. The monoisotopic (exact) mass is 1780 g/mol. The molecular weight excluding hydrogens is 1710 g/mol. The Labute approximate surface area is 695 Å². The Kier molecular flexibility index (Phi) is 30.2. The van der Waals surface area contributed by atoms with Crippen molar-refractivity contribution < 1.29 is 112 Å². The zero-order chi connectivity index (χ0) is 86.5. The summed E-state index contributed by atoms with van der Waals surface area (Å²) in [7, 11) is 0. The molecule has 642 valence electrons. The summed E-state index contributed by atoms with van der Waals surface area (Å²) >= 11 is 3.25. The summed E-state index contributed by atoms with van der Waals surface area (Å²) in [5.74, 6) is -2.15. The fourth-order valence-electron chi connectivity index (χ4n) is 13.6. The lowest BCUT2D eigenvalue weighted by molar-refractivity contribution is -0.275. The van der Waals surface area contributed by atoms with E-state index < -0.39 is 88.9 Å². The highest BCUT2D eigenvalue weighted by molar-refractivity contribution is 9.10. The molecule has 0 radical (unpaired) electrons. The number of morpholine rings is 1. The molecular formula is C86H73BrF18N10O7. The summed E-state index contributed by atoms with van der Waals surface area (Å²) in [5.41, 5.74) is 1.57. The Hall–Kier alpha value is -12.6. The second-order valence-electron chi connectivity index (χ2n) is 26.9. The van der Waals surface area contributed by atoms with Crippen LogP contribution in [0.3, 0.4) is 0 Å². The molecule has 12 aromatic rings. The van der Waals surface area contributed by atoms with Gasteiger partial charge in [-0.3, -0.25) is 0 Å². The molecule has 3 N–H and O–H groups in total. The van der Waals surface area contributed by atoms with Crippen LogP contribution in [0.15, 0.2) is 284 Å². The molecule has 9 aromatic carbocycles. The predicted molar refractivity (Wildman–Crippen MR) is 421 cm³/mol. The molecule has 0 atom stereocenters. The number of rotatable bonds is 28. The summed E-state index contributed by atoms with van der Waals surface area (Å²) in [4.78, 5) is 27.6. The molecule has 0 amide bonds. The first-order chi connectivity index (χ1) is 57.4. The van der Waals surface area contributed by atoms with Gasteiger partial charge in [-0.2, -0.15) is 0 Å². The van der Waals surface area contributed by atoms with E-state index in [9.17, 15) is 79.0 Å². The van der Waals surface area contributed by atoms with Crippen LogP contribution in [0.5, 0.6) is 34.5 Å². The van der Waals surface area contributed by atoms with Crippen LogP contribution < -0.4 is 49.3 Å². The molecule has 3 aromatic heterocycles. The summed E-state index contributed by atoms with van der Waals surface area (Å²) < 4.78 is 267. The van der Waals surface area contributed by atoms with Gasteiger partial charge in [0.25, 0.3) is 0 Å². The van der Waals surface area contributed by atoms with Crippen LogP contribution in [0.4, 0.5) is 103 Å². The van der Waals surface area contributed by atoms with Crippen molar-refractivity contribution in [2.45, 2.75) is 81.1 Å². The smallest absolute Gasteiger partial charge is 0.406 e. The largest absolute Gasteiger partial charge is 0.573 e. The summed E-state index contributed by atoms with van der Waals surface area (Å²) in [6.45, 7) is 2.52. The standard InChI is InChI=1S/C31H28F6N4O3.C27H20BrF6N3O2.C27H21F6N3O2.CH4/c32-30(33,34)43-26-10-4-8-23(16-26)29(18-22-6-2-1-3-7-22,24-9-5-11-27(17-24)44-31(35,36)37)21-40-28-38-19-25(20-39-28)41-12-14-42-15-13-41;28-21-15-35-24(36-16-21)37-17-25(14-18-6-2-1-3-7-18,19-8-4-10-22(12-19)38-26(29,30)31)20-9-5-11-23(13-20)39-27(32,33)34;28-26(29,30)37-22-11-4-9-20(15-22)25(17-19-7-2-1-3-8-19,18-36-24-34-13-6-14-35-24)21-10-5-12-23(16-21)38-27(31,32)33;/h1-11,16-17,19-20H,12-15,18,21H2,(H,38,39,40);1-13,15-16H,14,17H2,(H,35,36,37);1-16H,17-18H2,(H,34,35,36);1H4. The second-order valence-corrected chi connectivity index (χ2v) is 27.8. The van der Waals surface area contributed by atoms with Crippen molar-refractivity contribution in [1.82, 2.24) is 29.9 Å². The number of aromatic nitrogens is 6. The van der Waals surface area contributed by atoms with Gasteiger partial charge in [-0.1, -0.05) is 171 Å². The maximum absolute atomic E-state index is 13.2. The number of anilines is 4. The molecule has 1 fully saturated rings. The van der Waals surface area contributed by atoms with E-state index in [2.05, 4.69) is 95.1 Å². The van der Waals surface area contributed by atoms with E-state index in [1.165, 1.54) is 97.6 Å². The Morgan fingerprint density at radius 1 is 0.303 bits per heavy atom. The minimum atomic E-state index is -4.95. The molecule has 122 heavy (non-hydrogen) atoms. The summed E-state index contributed by atoms with van der Waals surface area (Å²) in [6.07, 6.45) is -19.8. The number of hydrogen-bond acceptors (Lipinski definition) is 17. The number of nitrogens with one attached hydrogen (secondary N) is 3. The fourth-order valence-corrected chi connectivity index (χ4v) is 13.8. The molecule has 0 unspecified atom stereocenters. The van der Waals surface area contributed by atoms with Gasteiger partial charge in [0.05, 0.1) is 35.8 Å². The molecule has 1 aliphatic heterocycles. The zero-order valence-corrected chi connectivity index (χ0v) is 64.4. The van der Waals surface area contributed by atoms with E-state index in [1.54, 1.807) is 103 Å². The molecule has 4 heterocycles. The predicted octanol–water partition coefficient (Wildman–Crippen LogP) is 22.0. The van der Waals surface area contributed by atoms with E-state index in [0.717, 1.165) is 58.8 Å². The van der Waals surface area contributed by atoms with E-state index in [1.807, 2.05) is 42.5 Å². The van der Waals surface area contributed by atoms with Gasteiger partial charge in [0.15, 0.2) is 0 Å². The van der Waals surface area contributed by atoms with E-state index in [4.69, 9.17) is 4.74 Å². The summed E-state index contributed by atoms with van der Waals surface area (Å²) in [5, 5.41) is 9.36. The van der Waals surface area contributed by atoms with Gasteiger partial charge in [-0.25, -0.2) is 29.9 Å². The van der Waals surface area contributed by atoms with Crippen LogP contribution in [0.1, 0.15) is 57.5 Å². The van der Waals surface area contributed by atoms with Crippen LogP contribution in [0.25, 0.3) is 0 Å². The minimum absolute atomic E-state index is 0. The normalized spacial score (nSPS) is 12.8. The van der Waals surface area contributed by atoms with Crippen LogP contribution in [-0.2, 0) is 40.2 Å². The molecule has 0 saturated carbocycles. The van der Waals surface area contributed by atoms with E-state index in [0.29, 0.717) is 64.2 Å². The van der Waals surface area contributed by atoms with Gasteiger partial charge in [0.2, 0.25) is 17.8 Å². The number of alkyl halides is 18. The SMILES string of the molecule is C.FC(F)(F)Oc1cccc(C(CNc2ncc(Br)cn2)(Cc2ccccc2)c2cccc(OC(F)(F)F)c2)c1.FC(F)(F)Oc1cccc(C(CNc2ncc(N3CCOCC3)cn2)(Cc2ccccc2)c2cccc(OC(F)(F)F)c2)c1.FC(F)(F)Oc1cccc(C(CNc2ncccn2)(Cc2ccccc2)c2cccc(OC(F)(F)F)c2)c1. The Morgan fingerprint density at radius 2 is 0.541 bits per heavy atom. The first kappa shape index (κ1) is 91.7. The highest BCUT2D eigenvalue weighted by Crippen LogP contribution is 2.45. The number of nitrogens with zero attached hydrogens (tertiary/aromatic N) is 7. The van der Waals surface area contributed by atoms with Crippen molar-refractivity contribution in [3.63, 3.8) is 0 Å². The lowest BCUT2D eigenvalue weighted by Gasteiger charge is -2.36. The van der Waals surface area contributed by atoms with Crippen molar-refractivity contribution in [3.8, 4) is 34.5 Å². The van der Waals surface area contributed by atoms with E-state index >= 15 is 0 Å². The zero-order valence-electron chi connectivity index (χ0n) is 62.8. The Balaban J connectivity index is 0.000000192. The van der Waals surface area contributed by atoms with Crippen molar-refractivity contribution >= 4 is 39.5 Å². The quantitative estimate of drug-likeness (QED) is 0.0394. The van der Waals surface area contributed by atoms with Crippen molar-refractivity contribution in [2.75, 3.05) is 66.8 Å². The van der Waals surface area contributed by atoms with Gasteiger partial charge >= 0.3 is 38.2 Å². The van der Waals surface area contributed by atoms with Crippen LogP contribution >= 0.6 is 15.9 Å². The number of ether oxygens (including phenoxy) is 7. The van der Waals surface area contributed by atoms with Gasteiger partial charge in [-0.05, 0) is 164 Å². The van der Waals surface area contributed by atoms with Crippen molar-refractivity contribution in [1.29, 1.82) is 0 Å². The van der Waals surface area contributed by atoms with Crippen LogP contribution in [0.2, 0.25) is 0 Å². The number of halogens is 19. The molecule has 1 saturated heterocycles. The average Bonchev–Trinajstić information content (AvgIpc) is 0.772. The lowest BCUT2D eigenvalue weighted by Crippen LogP contribution is -2.39. The third-order valence-corrected chi connectivity index (χ3v) is 19.0. The molecule has 0 spiro atoms. The second kappa shape index (κ2) is 40.2. The van der Waals surface area contributed by atoms with Gasteiger partial charge in [0, 0.05) is 73.8 Å². The topological polar surface area (TPSA) is 181 Å². The fraction of sp³-hybridized carbons (Fsp3) is 0.233. The first-order valence-corrected chi connectivity index (χ1v) is 37.1. The van der Waals surface area contributed by atoms with Gasteiger partial charge < -0.3 is 54.0 Å². The number of hydrogen-bond donors (Lipinski definition) is 3. The molecule has 13 rings (SSSR count). The molecule has 0 aliphatic carbocycles. The summed E-state index contributed by atoms with van der Waals surface area (Å²) in [6, 6.07) is 61.0. The average molecular weight is 1780 g/mol. The highest BCUT2D eigenvalue weighted by atomic mass is 79.9. The minimum Gasteiger partial charge on any atom is -0.406 e. The first-order valence-electron chi connectivity index (χ1n) is 36.3. The third kappa shape index (κ3) is 27.5. The molecule has 36 heteroatoms. The maximum atomic E-state index is 13.2. The van der Waals surface area contributed by atoms with Crippen LogP contribution in [0, 0.1) is 0 Å². The van der Waals surface area contributed by atoms with Crippen molar-refractivity contribution in [3.05, 3.63) is 334 Å². The van der Waals surface area contributed by atoms with Crippen molar-refractivity contribution in [2.24, 2.45) is 0 Å². The van der Waals surface area contributed by atoms with Gasteiger partial charge in [0.1, 0.15) is 34.5 Å². The van der Waals surface area contributed by atoms with Gasteiger partial charge in [-0.15, -0.1) is 79.0 Å². The maximum Gasteiger partial charge on any atom is 0.573 e.